The first-order valence-corrected chi connectivity index (χ1v) is 4.85. The van der Waals surface area contributed by atoms with E-state index in [0.29, 0.717) is 0 Å². The number of hydrogen-bond acceptors (Lipinski definition) is 4. The van der Waals surface area contributed by atoms with Gasteiger partial charge in [0.2, 0.25) is 0 Å². The highest BCUT2D eigenvalue weighted by Crippen LogP contribution is 2.02. The molecule has 0 spiro atoms. The molecule has 0 aliphatic carbocycles. The van der Waals surface area contributed by atoms with Crippen LogP contribution in [-0.4, -0.2) is 24.0 Å². The van der Waals surface area contributed by atoms with Crippen molar-refractivity contribution in [1.29, 1.82) is 0 Å². The molecule has 1 aromatic carbocycles. The predicted molar refractivity (Wildman–Crippen MR) is 58.4 cm³/mol. The van der Waals surface area contributed by atoms with E-state index in [4.69, 9.17) is 4.74 Å². The van der Waals surface area contributed by atoms with Gasteiger partial charge in [-0.15, -0.1) is 0 Å². The first-order chi connectivity index (χ1) is 7.72. The molecule has 1 N–H and O–H groups in total. The van der Waals surface area contributed by atoms with Crippen LogP contribution in [0.2, 0.25) is 0 Å². The Kier molecular flexibility index (Phi) is 5.25. The van der Waals surface area contributed by atoms with Crippen LogP contribution in [0.1, 0.15) is 5.56 Å². The zero-order valence-corrected chi connectivity index (χ0v) is 8.83. The molecule has 0 aliphatic rings. The molecule has 4 nitrogen and oxygen atoms in total. The molecular formula is C12H14O4. The molecule has 86 valence electrons. The van der Waals surface area contributed by atoms with E-state index in [2.05, 4.69) is 11.3 Å². The third kappa shape index (κ3) is 4.72. The van der Waals surface area contributed by atoms with E-state index in [1.54, 1.807) is 0 Å². The normalized spacial score (nSPS) is 11.8. The highest BCUT2D eigenvalue weighted by atomic mass is 16.6. The molecule has 0 aromatic heterocycles. The highest BCUT2D eigenvalue weighted by Gasteiger charge is 2.06. The molecule has 1 atom stereocenters. The van der Waals surface area contributed by atoms with Crippen LogP contribution in [0, 0.1) is 0 Å². The van der Waals surface area contributed by atoms with Gasteiger partial charge in [0.05, 0.1) is 6.61 Å². The van der Waals surface area contributed by atoms with E-state index >= 15 is 0 Å². The van der Waals surface area contributed by atoms with Crippen molar-refractivity contribution in [1.82, 2.24) is 0 Å². The smallest absolute Gasteiger partial charge is 0.330 e. The van der Waals surface area contributed by atoms with Crippen LogP contribution < -0.4 is 0 Å². The summed E-state index contributed by atoms with van der Waals surface area (Å²) < 4.78 is 9.68. The van der Waals surface area contributed by atoms with E-state index < -0.39 is 12.3 Å². The number of benzene rings is 1. The van der Waals surface area contributed by atoms with Gasteiger partial charge in [0.15, 0.2) is 6.29 Å². The van der Waals surface area contributed by atoms with Crippen LogP contribution in [-0.2, 0) is 20.9 Å². The molecule has 1 rings (SSSR count). The average Bonchev–Trinajstić information content (AvgIpc) is 2.34. The predicted octanol–water partition coefficient (Wildman–Crippen LogP) is 1.25. The molecule has 0 saturated heterocycles. The summed E-state index contributed by atoms with van der Waals surface area (Å²) >= 11 is 0. The lowest BCUT2D eigenvalue weighted by molar-refractivity contribution is -0.164. The monoisotopic (exact) mass is 222 g/mol. The molecule has 1 unspecified atom stereocenters. The third-order valence-corrected chi connectivity index (χ3v) is 1.82. The van der Waals surface area contributed by atoms with Gasteiger partial charge < -0.3 is 14.6 Å². The van der Waals surface area contributed by atoms with Gasteiger partial charge in [0.1, 0.15) is 6.61 Å². The van der Waals surface area contributed by atoms with Crippen molar-refractivity contribution in [3.8, 4) is 0 Å². The average molecular weight is 222 g/mol. The van der Waals surface area contributed by atoms with Crippen LogP contribution in [0.5, 0.6) is 0 Å². The standard InChI is InChI=1S/C12H14O4/c1-2-11(13)16-9-12(14)15-8-10-6-4-3-5-7-10/h2-7,12,14H,1,8-9H2. The second kappa shape index (κ2) is 6.76. The molecule has 16 heavy (non-hydrogen) atoms. The summed E-state index contributed by atoms with van der Waals surface area (Å²) in [6.07, 6.45) is -0.0895. The first kappa shape index (κ1) is 12.4. The van der Waals surface area contributed by atoms with Gasteiger partial charge in [0, 0.05) is 6.08 Å². The maximum absolute atomic E-state index is 10.7. The summed E-state index contributed by atoms with van der Waals surface area (Å²) in [6.45, 7) is 3.31. The van der Waals surface area contributed by atoms with Gasteiger partial charge in [-0.1, -0.05) is 36.9 Å². The molecule has 0 saturated carbocycles. The van der Waals surface area contributed by atoms with Crippen molar-refractivity contribution in [2.24, 2.45) is 0 Å². The molecular weight excluding hydrogens is 208 g/mol. The quantitative estimate of drug-likeness (QED) is 0.447. The highest BCUT2D eigenvalue weighted by molar-refractivity contribution is 5.81. The second-order valence-electron chi connectivity index (χ2n) is 3.09. The molecule has 0 heterocycles. The van der Waals surface area contributed by atoms with Gasteiger partial charge >= 0.3 is 5.97 Å². The van der Waals surface area contributed by atoms with Crippen molar-refractivity contribution >= 4 is 5.97 Å². The van der Waals surface area contributed by atoms with E-state index in [9.17, 15) is 9.90 Å². The minimum Gasteiger partial charge on any atom is -0.457 e. The fraction of sp³-hybridized carbons (Fsp3) is 0.250. The van der Waals surface area contributed by atoms with E-state index in [1.807, 2.05) is 30.3 Å². The molecule has 0 bridgehead atoms. The van der Waals surface area contributed by atoms with Gasteiger partial charge in [-0.25, -0.2) is 4.79 Å². The topological polar surface area (TPSA) is 55.8 Å². The van der Waals surface area contributed by atoms with Crippen molar-refractivity contribution in [2.75, 3.05) is 6.61 Å². The lowest BCUT2D eigenvalue weighted by atomic mass is 10.2. The first-order valence-electron chi connectivity index (χ1n) is 4.85. The van der Waals surface area contributed by atoms with E-state index in [0.717, 1.165) is 11.6 Å². The Balaban J connectivity index is 2.22. The summed E-state index contributed by atoms with van der Waals surface area (Å²) in [5.74, 6) is -0.581. The zero-order chi connectivity index (χ0) is 11.8. The number of hydrogen-bond donors (Lipinski definition) is 1. The Bertz CT molecular complexity index is 334. The Morgan fingerprint density at radius 2 is 2.12 bits per heavy atom. The number of esters is 1. The van der Waals surface area contributed by atoms with Gasteiger partial charge in [-0.05, 0) is 5.56 Å². The fourth-order valence-electron chi connectivity index (χ4n) is 1.03. The minimum absolute atomic E-state index is 0.197. The Hall–Kier alpha value is -1.65. The molecule has 1 aromatic rings. The van der Waals surface area contributed by atoms with Gasteiger partial charge in [-0.3, -0.25) is 0 Å². The van der Waals surface area contributed by atoms with Crippen LogP contribution >= 0.6 is 0 Å². The van der Waals surface area contributed by atoms with Crippen molar-refractivity contribution in [3.05, 3.63) is 48.6 Å². The molecule has 4 heteroatoms. The number of aliphatic hydroxyl groups is 1. The summed E-state index contributed by atoms with van der Waals surface area (Å²) in [7, 11) is 0. The third-order valence-electron chi connectivity index (χ3n) is 1.82. The molecule has 0 amide bonds. The van der Waals surface area contributed by atoms with Gasteiger partial charge in [-0.2, -0.15) is 0 Å². The minimum atomic E-state index is -1.12. The summed E-state index contributed by atoms with van der Waals surface area (Å²) in [5, 5.41) is 9.32. The van der Waals surface area contributed by atoms with Crippen LogP contribution in [0.3, 0.4) is 0 Å². The second-order valence-corrected chi connectivity index (χ2v) is 3.09. The Labute approximate surface area is 94.1 Å². The summed E-state index contributed by atoms with van der Waals surface area (Å²) in [4.78, 5) is 10.7. The molecule has 0 aliphatic heterocycles. The number of carbonyl (C=O) groups excluding carboxylic acids is 1. The summed E-state index contributed by atoms with van der Waals surface area (Å²) in [6, 6.07) is 9.41. The Morgan fingerprint density at radius 3 is 2.75 bits per heavy atom. The number of rotatable bonds is 6. The maximum Gasteiger partial charge on any atom is 0.330 e. The SMILES string of the molecule is C=CC(=O)OCC(O)OCc1ccccc1. The lowest BCUT2D eigenvalue weighted by Crippen LogP contribution is -2.20. The van der Waals surface area contributed by atoms with Crippen LogP contribution in [0.25, 0.3) is 0 Å². The van der Waals surface area contributed by atoms with Crippen LogP contribution in [0.15, 0.2) is 43.0 Å². The van der Waals surface area contributed by atoms with E-state index in [-0.39, 0.29) is 13.2 Å². The molecule has 0 fully saturated rings. The van der Waals surface area contributed by atoms with Crippen molar-refractivity contribution in [2.45, 2.75) is 12.9 Å². The number of carbonyl (C=O) groups is 1. The largest absolute Gasteiger partial charge is 0.457 e. The fourth-order valence-corrected chi connectivity index (χ4v) is 1.03. The zero-order valence-electron chi connectivity index (χ0n) is 8.83. The van der Waals surface area contributed by atoms with Crippen LogP contribution in [0.4, 0.5) is 0 Å². The lowest BCUT2D eigenvalue weighted by Gasteiger charge is -2.11. The van der Waals surface area contributed by atoms with E-state index in [1.165, 1.54) is 0 Å². The van der Waals surface area contributed by atoms with Crippen molar-refractivity contribution in [3.63, 3.8) is 0 Å². The Morgan fingerprint density at radius 1 is 1.44 bits per heavy atom. The summed E-state index contributed by atoms with van der Waals surface area (Å²) in [5.41, 5.74) is 0.941. The number of ether oxygens (including phenoxy) is 2. The molecule has 0 radical (unpaired) electrons. The number of aliphatic hydroxyl groups excluding tert-OH is 1. The maximum atomic E-state index is 10.7. The van der Waals surface area contributed by atoms with Gasteiger partial charge in [0.25, 0.3) is 0 Å². The van der Waals surface area contributed by atoms with Crippen molar-refractivity contribution < 1.29 is 19.4 Å².